The number of fused-ring (bicyclic) bond motifs is 1. The van der Waals surface area contributed by atoms with Crippen molar-refractivity contribution in [1.82, 2.24) is 9.55 Å². The highest BCUT2D eigenvalue weighted by Gasteiger charge is 2.05. The van der Waals surface area contributed by atoms with Gasteiger partial charge in [0, 0.05) is 10.0 Å². The largest absolute Gasteiger partial charge is 0.326 e. The molecular weight excluding hydrogens is 267 g/mol. The summed E-state index contributed by atoms with van der Waals surface area (Å²) < 4.78 is 2.06. The first-order valence-electron chi connectivity index (χ1n) is 5.58. The van der Waals surface area contributed by atoms with Crippen molar-refractivity contribution in [1.29, 1.82) is 0 Å². The number of hydrogen-bond donors (Lipinski definition) is 0. The third kappa shape index (κ3) is 2.09. The molecule has 90 valence electrons. The zero-order valence-electron chi connectivity index (χ0n) is 9.48. The summed E-state index contributed by atoms with van der Waals surface area (Å²) in [6, 6.07) is 13.5. The van der Waals surface area contributed by atoms with Gasteiger partial charge >= 0.3 is 0 Å². The number of hydrogen-bond acceptors (Lipinski definition) is 1. The Bertz CT molecular complexity index is 704. The van der Waals surface area contributed by atoms with Crippen molar-refractivity contribution in [3.63, 3.8) is 0 Å². The first-order valence-corrected chi connectivity index (χ1v) is 6.33. The van der Waals surface area contributed by atoms with Gasteiger partial charge in [-0.1, -0.05) is 35.3 Å². The van der Waals surface area contributed by atoms with Gasteiger partial charge < -0.3 is 4.57 Å². The number of benzene rings is 2. The lowest BCUT2D eigenvalue weighted by atomic mass is 10.2. The van der Waals surface area contributed by atoms with Crippen molar-refractivity contribution in [2.24, 2.45) is 0 Å². The van der Waals surface area contributed by atoms with Gasteiger partial charge in [0.2, 0.25) is 0 Å². The third-order valence-corrected chi connectivity index (χ3v) is 3.48. The van der Waals surface area contributed by atoms with Crippen LogP contribution in [0, 0.1) is 0 Å². The van der Waals surface area contributed by atoms with E-state index in [9.17, 15) is 0 Å². The van der Waals surface area contributed by atoms with Crippen LogP contribution >= 0.6 is 23.2 Å². The van der Waals surface area contributed by atoms with Crippen LogP contribution in [0.25, 0.3) is 11.0 Å². The summed E-state index contributed by atoms with van der Waals surface area (Å²) in [5.74, 6) is 0. The Morgan fingerprint density at radius 3 is 2.78 bits per heavy atom. The van der Waals surface area contributed by atoms with Crippen molar-refractivity contribution in [2.45, 2.75) is 6.54 Å². The molecular formula is C14H10Cl2N2. The maximum Gasteiger partial charge on any atom is 0.0961 e. The fraction of sp³-hybridized carbons (Fsp3) is 0.0714. The summed E-state index contributed by atoms with van der Waals surface area (Å²) in [5, 5.41) is 1.41. The molecule has 0 saturated heterocycles. The van der Waals surface area contributed by atoms with Crippen LogP contribution in [0.5, 0.6) is 0 Å². The number of halogens is 2. The first-order chi connectivity index (χ1) is 8.74. The Morgan fingerprint density at radius 2 is 1.89 bits per heavy atom. The minimum absolute atomic E-state index is 0.667. The number of nitrogens with zero attached hydrogens (tertiary/aromatic N) is 2. The van der Waals surface area contributed by atoms with Crippen LogP contribution in [0.2, 0.25) is 10.0 Å². The fourth-order valence-electron chi connectivity index (χ4n) is 1.98. The van der Waals surface area contributed by atoms with E-state index < -0.39 is 0 Å². The second kappa shape index (κ2) is 4.63. The van der Waals surface area contributed by atoms with Crippen LogP contribution in [-0.2, 0) is 6.54 Å². The van der Waals surface area contributed by atoms with E-state index in [1.54, 1.807) is 6.07 Å². The van der Waals surface area contributed by atoms with Crippen LogP contribution in [0.4, 0.5) is 0 Å². The molecule has 0 radical (unpaired) electrons. The van der Waals surface area contributed by atoms with E-state index >= 15 is 0 Å². The van der Waals surface area contributed by atoms with E-state index in [1.807, 2.05) is 42.7 Å². The number of rotatable bonds is 2. The van der Waals surface area contributed by atoms with Gasteiger partial charge in [-0.05, 0) is 35.9 Å². The van der Waals surface area contributed by atoms with Crippen LogP contribution in [-0.4, -0.2) is 9.55 Å². The van der Waals surface area contributed by atoms with Gasteiger partial charge in [0.1, 0.15) is 0 Å². The van der Waals surface area contributed by atoms with Crippen molar-refractivity contribution in [3.05, 3.63) is 64.4 Å². The molecule has 0 N–H and O–H groups in total. The molecule has 0 aliphatic rings. The zero-order valence-corrected chi connectivity index (χ0v) is 11.0. The fourth-order valence-corrected chi connectivity index (χ4v) is 2.36. The van der Waals surface area contributed by atoms with Crippen molar-refractivity contribution >= 4 is 34.2 Å². The topological polar surface area (TPSA) is 17.8 Å². The van der Waals surface area contributed by atoms with Gasteiger partial charge in [0.25, 0.3) is 0 Å². The molecule has 2 nitrogen and oxygen atoms in total. The maximum absolute atomic E-state index is 6.17. The molecule has 3 aromatic rings. The van der Waals surface area contributed by atoms with E-state index in [0.29, 0.717) is 11.6 Å². The molecule has 18 heavy (non-hydrogen) atoms. The molecule has 0 aliphatic heterocycles. The van der Waals surface area contributed by atoms with Crippen LogP contribution in [0.3, 0.4) is 0 Å². The maximum atomic E-state index is 6.17. The Hall–Kier alpha value is -1.51. The Morgan fingerprint density at radius 1 is 1.06 bits per heavy atom. The minimum Gasteiger partial charge on any atom is -0.326 e. The molecule has 0 atom stereocenters. The molecule has 3 rings (SSSR count). The van der Waals surface area contributed by atoms with Crippen molar-refractivity contribution < 1.29 is 0 Å². The normalized spacial score (nSPS) is 11.0. The molecule has 0 amide bonds. The number of aromatic nitrogens is 2. The molecule has 0 fully saturated rings. The molecule has 0 unspecified atom stereocenters. The second-order valence-electron chi connectivity index (χ2n) is 4.10. The predicted molar refractivity (Wildman–Crippen MR) is 75.3 cm³/mol. The van der Waals surface area contributed by atoms with Gasteiger partial charge in [-0.25, -0.2) is 4.98 Å². The molecule has 1 aromatic heterocycles. The van der Waals surface area contributed by atoms with Crippen molar-refractivity contribution in [3.8, 4) is 0 Å². The van der Waals surface area contributed by atoms with Gasteiger partial charge in [-0.15, -0.1) is 0 Å². The summed E-state index contributed by atoms with van der Waals surface area (Å²) in [6.45, 7) is 0.667. The third-order valence-electron chi connectivity index (χ3n) is 2.88. The lowest BCUT2D eigenvalue weighted by Gasteiger charge is -2.07. The average Bonchev–Trinajstić information content (AvgIpc) is 2.78. The average molecular weight is 277 g/mol. The van der Waals surface area contributed by atoms with E-state index in [-0.39, 0.29) is 0 Å². The number of para-hydroxylation sites is 2. The molecule has 0 aliphatic carbocycles. The molecule has 2 aromatic carbocycles. The summed E-state index contributed by atoms with van der Waals surface area (Å²) in [5.41, 5.74) is 3.07. The number of imidazole rings is 1. The summed E-state index contributed by atoms with van der Waals surface area (Å²) >= 11 is 12.2. The van der Waals surface area contributed by atoms with Gasteiger partial charge in [0.05, 0.1) is 23.9 Å². The Kier molecular flexibility index (Phi) is 2.98. The highest BCUT2D eigenvalue weighted by atomic mass is 35.5. The molecule has 0 saturated carbocycles. The van der Waals surface area contributed by atoms with Crippen LogP contribution in [0.1, 0.15) is 5.56 Å². The summed E-state index contributed by atoms with van der Waals surface area (Å²) in [4.78, 5) is 4.35. The van der Waals surface area contributed by atoms with E-state index in [2.05, 4.69) is 9.55 Å². The van der Waals surface area contributed by atoms with E-state index in [0.717, 1.165) is 21.6 Å². The molecule has 4 heteroatoms. The van der Waals surface area contributed by atoms with Crippen LogP contribution in [0.15, 0.2) is 48.8 Å². The molecule has 1 heterocycles. The smallest absolute Gasteiger partial charge is 0.0961 e. The van der Waals surface area contributed by atoms with Crippen molar-refractivity contribution in [2.75, 3.05) is 0 Å². The van der Waals surface area contributed by atoms with Crippen LogP contribution < -0.4 is 0 Å². The Balaban J connectivity index is 2.04. The first kappa shape index (κ1) is 11.6. The second-order valence-corrected chi connectivity index (χ2v) is 4.94. The highest BCUT2D eigenvalue weighted by molar-refractivity contribution is 6.33. The zero-order chi connectivity index (χ0) is 12.5. The standard InChI is InChI=1S/C14H10Cl2N2/c15-11-5-6-12(16)10(7-11)8-18-9-17-13-3-1-2-4-14(13)18/h1-7,9H,8H2. The van der Waals surface area contributed by atoms with Gasteiger partial charge in [0.15, 0.2) is 0 Å². The monoisotopic (exact) mass is 276 g/mol. The van der Waals surface area contributed by atoms with Gasteiger partial charge in [-0.3, -0.25) is 0 Å². The minimum atomic E-state index is 0.667. The summed E-state index contributed by atoms with van der Waals surface area (Å²) in [7, 11) is 0. The molecule has 0 spiro atoms. The van der Waals surface area contributed by atoms with E-state index in [4.69, 9.17) is 23.2 Å². The lowest BCUT2D eigenvalue weighted by Crippen LogP contribution is -1.98. The van der Waals surface area contributed by atoms with Gasteiger partial charge in [-0.2, -0.15) is 0 Å². The Labute approximate surface area is 115 Å². The lowest BCUT2D eigenvalue weighted by molar-refractivity contribution is 0.825. The highest BCUT2D eigenvalue weighted by Crippen LogP contribution is 2.23. The summed E-state index contributed by atoms with van der Waals surface area (Å²) in [6.07, 6.45) is 1.82. The molecule has 0 bridgehead atoms. The van der Waals surface area contributed by atoms with E-state index in [1.165, 1.54) is 0 Å². The predicted octanol–water partition coefficient (Wildman–Crippen LogP) is 4.39. The SMILES string of the molecule is Clc1ccc(Cl)c(Cn2cnc3ccccc32)c1. The quantitative estimate of drug-likeness (QED) is 0.679.